The number of hydrogen-bond donors (Lipinski definition) is 10. The van der Waals surface area contributed by atoms with Crippen LogP contribution in [0.3, 0.4) is 0 Å². The summed E-state index contributed by atoms with van der Waals surface area (Å²) in [5, 5.41) is 86.4. The van der Waals surface area contributed by atoms with Gasteiger partial charge in [-0.15, -0.1) is 0 Å². The number of aliphatic hydroxyl groups is 6. The number of benzene rings is 3. The van der Waals surface area contributed by atoms with Gasteiger partial charge in [-0.25, -0.2) is 0 Å². The zero-order chi connectivity index (χ0) is 55.1. The molecule has 424 valence electrons. The van der Waals surface area contributed by atoms with Gasteiger partial charge < -0.3 is 56.5 Å². The van der Waals surface area contributed by atoms with Gasteiger partial charge in [-0.1, -0.05) is 138 Å². The molecule has 2 fully saturated rings. The van der Waals surface area contributed by atoms with Gasteiger partial charge in [0, 0.05) is 77.8 Å². The minimum atomic E-state index is -1.08. The molecule has 1 aromatic heterocycles. The summed E-state index contributed by atoms with van der Waals surface area (Å²) < 4.78 is 6.97. The van der Waals surface area contributed by atoms with Crippen molar-refractivity contribution in [2.24, 2.45) is 40.7 Å². The summed E-state index contributed by atoms with van der Waals surface area (Å²) in [4.78, 5) is 3.38. The second kappa shape index (κ2) is 26.1. The molecule has 11 nitrogen and oxygen atoms in total. The van der Waals surface area contributed by atoms with Crippen molar-refractivity contribution < 1.29 is 40.5 Å². The molecule has 0 amide bonds. The van der Waals surface area contributed by atoms with Gasteiger partial charge in [0.05, 0.1) is 24.4 Å². The minimum absolute atomic E-state index is 0.0174. The number of aromatic amines is 1. The van der Waals surface area contributed by atoms with E-state index in [1.165, 1.54) is 30.4 Å². The number of phenolic OH excluding ortho intramolecular Hbond substituents is 1. The van der Waals surface area contributed by atoms with Crippen LogP contribution >= 0.6 is 21.6 Å². The molecule has 79 heavy (non-hydrogen) atoms. The highest BCUT2D eigenvalue weighted by atomic mass is 33.1. The third-order valence-corrected chi connectivity index (χ3v) is 21.6. The third-order valence-electron chi connectivity index (χ3n) is 19.2. The maximum absolute atomic E-state index is 12.7. The Labute approximate surface area is 476 Å². The fraction of sp³-hybridized carbons (Fsp3) is 0.545. The smallest absolute Gasteiger partial charge is 0.161 e. The summed E-state index contributed by atoms with van der Waals surface area (Å²) in [6.45, 7) is 2.42. The second-order valence-electron chi connectivity index (χ2n) is 24.1. The van der Waals surface area contributed by atoms with Crippen molar-refractivity contribution in [2.45, 2.75) is 157 Å². The second-order valence-corrected chi connectivity index (χ2v) is 26.6. The van der Waals surface area contributed by atoms with E-state index < -0.39 is 53.7 Å². The molecule has 1 saturated heterocycles. The Kier molecular flexibility index (Phi) is 19.0. The average Bonchev–Trinajstić information content (AvgIpc) is 4.09. The summed E-state index contributed by atoms with van der Waals surface area (Å²) >= 11 is 0. The molecule has 1 saturated carbocycles. The molecule has 2 aliphatic heterocycles. The molecule has 0 bridgehead atoms. The van der Waals surface area contributed by atoms with E-state index in [0.717, 1.165) is 59.2 Å². The van der Waals surface area contributed by atoms with Crippen LogP contribution in [0.25, 0.3) is 0 Å². The van der Waals surface area contributed by atoms with Gasteiger partial charge in [-0.05, 0) is 159 Å². The molecule has 4 aromatic rings. The van der Waals surface area contributed by atoms with Crippen LogP contribution in [0.4, 0.5) is 0 Å². The SMILES string of the molecule is CCC1Cc2cc(O)c(OC3CC(Cc4ccc[nH]4)C4=CCNC(N)=C4CSSCC(CO)C3O)cc2C2CC(O)C3C(C#CC(CCO)(CC(CC4(c5ccccc5)CCCCC4)c4ccccc4)CC(O)CCC3O)C=C12. The molecule has 4 aliphatic carbocycles. The first-order chi connectivity index (χ1) is 38.4. The lowest BCUT2D eigenvalue weighted by Crippen LogP contribution is -2.42. The third kappa shape index (κ3) is 13.0. The van der Waals surface area contributed by atoms with Crippen LogP contribution in [0, 0.1) is 46.8 Å². The molecule has 3 heterocycles. The molecular weight excluding hydrogens is 1030 g/mol. The van der Waals surface area contributed by atoms with E-state index >= 15 is 0 Å². The topological polar surface area (TPSA) is 205 Å². The molecule has 0 radical (unpaired) electrons. The van der Waals surface area contributed by atoms with Crippen LogP contribution in [0.1, 0.15) is 137 Å². The van der Waals surface area contributed by atoms with E-state index in [4.69, 9.17) is 10.5 Å². The molecule has 3 aromatic carbocycles. The molecule has 13 heteroatoms. The fourth-order valence-electron chi connectivity index (χ4n) is 15.0. The number of rotatable bonds is 14. The Morgan fingerprint density at radius 2 is 1.66 bits per heavy atom. The number of aliphatic hydroxyl groups excluding tert-OH is 6. The summed E-state index contributed by atoms with van der Waals surface area (Å²) in [6.07, 6.45) is 13.3. The zero-order valence-corrected chi connectivity index (χ0v) is 47.7. The summed E-state index contributed by atoms with van der Waals surface area (Å²) in [5.74, 6) is 7.60. The number of dihydropyridines is 1. The van der Waals surface area contributed by atoms with Crippen LogP contribution in [0.15, 0.2) is 126 Å². The first-order valence-corrected chi connectivity index (χ1v) is 32.0. The number of nitrogens with two attached hydrogens (primary N) is 1. The molecule has 10 rings (SSSR count). The van der Waals surface area contributed by atoms with E-state index in [1.54, 1.807) is 27.7 Å². The van der Waals surface area contributed by atoms with Gasteiger partial charge in [0.1, 0.15) is 11.9 Å². The van der Waals surface area contributed by atoms with E-state index in [1.807, 2.05) is 18.3 Å². The van der Waals surface area contributed by atoms with Gasteiger partial charge in [0.25, 0.3) is 0 Å². The molecule has 0 spiro atoms. The highest BCUT2D eigenvalue weighted by Crippen LogP contribution is 2.53. The molecular formula is C66H85N3O8S2. The van der Waals surface area contributed by atoms with Gasteiger partial charge in [-0.2, -0.15) is 0 Å². The molecule has 11 N–H and O–H groups in total. The van der Waals surface area contributed by atoms with Gasteiger partial charge in [0.2, 0.25) is 0 Å². The first-order valence-electron chi connectivity index (χ1n) is 29.5. The zero-order valence-electron chi connectivity index (χ0n) is 46.0. The summed E-state index contributed by atoms with van der Waals surface area (Å²) in [6, 6.07) is 29.5. The first kappa shape index (κ1) is 57.6. The van der Waals surface area contributed by atoms with Crippen LogP contribution in [-0.2, 0) is 18.3 Å². The van der Waals surface area contributed by atoms with Gasteiger partial charge >= 0.3 is 0 Å². The molecule has 6 aliphatic rings. The minimum Gasteiger partial charge on any atom is -0.504 e. The molecule has 13 atom stereocenters. The van der Waals surface area contributed by atoms with Crippen molar-refractivity contribution in [1.82, 2.24) is 10.3 Å². The lowest BCUT2D eigenvalue weighted by atomic mass is 9.61. The quantitative estimate of drug-likeness (QED) is 0.0326. The average molecular weight is 1110 g/mol. The maximum atomic E-state index is 12.7. The number of ether oxygens (including phenoxy) is 1. The van der Waals surface area contributed by atoms with Crippen molar-refractivity contribution in [3.05, 3.63) is 154 Å². The fourth-order valence-corrected chi connectivity index (χ4v) is 17.5. The van der Waals surface area contributed by atoms with E-state index in [2.05, 4.69) is 108 Å². The van der Waals surface area contributed by atoms with Crippen molar-refractivity contribution in [2.75, 3.05) is 31.3 Å². The number of H-pyrrole nitrogens is 1. The Bertz CT molecular complexity index is 2810. The van der Waals surface area contributed by atoms with Crippen LogP contribution < -0.4 is 15.8 Å². The predicted molar refractivity (Wildman–Crippen MR) is 317 cm³/mol. The van der Waals surface area contributed by atoms with E-state index in [0.29, 0.717) is 81.7 Å². The molecule has 13 unspecified atom stereocenters. The Morgan fingerprint density at radius 3 is 2.39 bits per heavy atom. The van der Waals surface area contributed by atoms with E-state index in [-0.39, 0.29) is 53.8 Å². The van der Waals surface area contributed by atoms with Crippen LogP contribution in [0.2, 0.25) is 0 Å². The Morgan fingerprint density at radius 1 is 0.873 bits per heavy atom. The number of fused-ring (bicyclic) bond motifs is 5. The van der Waals surface area contributed by atoms with Crippen molar-refractivity contribution >= 4 is 21.6 Å². The van der Waals surface area contributed by atoms with Crippen molar-refractivity contribution in [3.63, 3.8) is 0 Å². The highest BCUT2D eigenvalue weighted by molar-refractivity contribution is 8.76. The summed E-state index contributed by atoms with van der Waals surface area (Å²) in [5.41, 5.74) is 14.7. The Balaban J connectivity index is 1.02. The number of hydrogen-bond acceptors (Lipinski definition) is 12. The number of aromatic hydroxyl groups is 1. The monoisotopic (exact) mass is 1110 g/mol. The predicted octanol–water partition coefficient (Wildman–Crippen LogP) is 10.1. The number of nitrogens with one attached hydrogen (secondary N) is 2. The standard InChI is InChI=1S/C66H85N3O8S2/c1-2-42-29-45-32-58(74)60(77-61-33-46(30-50-17-12-26-68-50)52-21-27-69-64(67)56(52)41-79-78-40-48(39-71)63(61)76)35-54(45)55-34-59(75)62-44(31-53(42)55)20-24-65(25-28-70,38-51(72)18-19-57(62)73)36-47(43-13-6-3-7-14-43)37-66(22-10-5-11-23-66)49-15-8-4-9-16-49/h3-4,6-9,12-17,21,26,31-32,35,42,44,46-48,51,55,57,59,61-63,68-76H,2,5,10-11,18-19,22-23,25,27-30,33-34,36-41,67H2,1H3. The number of aromatic nitrogens is 1. The highest BCUT2D eigenvalue weighted by Gasteiger charge is 2.46. The van der Waals surface area contributed by atoms with Gasteiger partial charge in [-0.3, -0.25) is 0 Å². The largest absolute Gasteiger partial charge is 0.504 e. The van der Waals surface area contributed by atoms with Gasteiger partial charge in [0.15, 0.2) is 11.5 Å². The van der Waals surface area contributed by atoms with Crippen molar-refractivity contribution in [3.8, 4) is 23.3 Å². The number of allylic oxidation sites excluding steroid dienone is 3. The van der Waals surface area contributed by atoms with Crippen molar-refractivity contribution in [1.29, 1.82) is 0 Å². The maximum Gasteiger partial charge on any atom is 0.161 e. The lowest BCUT2D eigenvalue weighted by Gasteiger charge is -2.43. The number of phenols is 1. The van der Waals surface area contributed by atoms with E-state index in [9.17, 15) is 35.7 Å². The van der Waals surface area contributed by atoms with Crippen LogP contribution in [0.5, 0.6) is 11.5 Å². The normalized spacial score (nSPS) is 31.6. The summed E-state index contributed by atoms with van der Waals surface area (Å²) in [7, 11) is 3.25. The Hall–Kier alpha value is -4.62. The van der Waals surface area contributed by atoms with Crippen LogP contribution in [-0.4, -0.2) is 103 Å². The lowest BCUT2D eigenvalue weighted by molar-refractivity contribution is -0.0215.